The Morgan fingerprint density at radius 1 is 0.673 bits per heavy atom. The zero-order valence-electron chi connectivity index (χ0n) is 28.2. The Morgan fingerprint density at radius 3 is 2.02 bits per heavy atom. The van der Waals surface area contributed by atoms with Gasteiger partial charge in [-0.3, -0.25) is 0 Å². The zero-order valence-corrected chi connectivity index (χ0v) is 28.2. The van der Waals surface area contributed by atoms with Crippen molar-refractivity contribution in [2.24, 2.45) is 0 Å². The molecule has 1 heterocycles. The second-order valence-electron chi connectivity index (χ2n) is 12.9. The van der Waals surface area contributed by atoms with Crippen LogP contribution in [0.25, 0.3) is 28.0 Å². The molecule has 0 amide bonds. The molecule has 6 aromatic rings. The first-order valence-corrected chi connectivity index (χ1v) is 17.2. The van der Waals surface area contributed by atoms with Gasteiger partial charge in [0.25, 0.3) is 0 Å². The summed E-state index contributed by atoms with van der Waals surface area (Å²) in [4.78, 5) is 0. The molecule has 2 atom stereocenters. The number of rotatable bonds is 10. The van der Waals surface area contributed by atoms with Crippen LogP contribution in [-0.4, -0.2) is 20.8 Å². The lowest BCUT2D eigenvalue weighted by atomic mass is 9.78. The Morgan fingerprint density at radius 2 is 1.33 bits per heavy atom. The molecule has 4 heteroatoms. The summed E-state index contributed by atoms with van der Waals surface area (Å²) in [5.74, 6) is 2.50. The van der Waals surface area contributed by atoms with Crippen molar-refractivity contribution in [3.63, 3.8) is 0 Å². The van der Waals surface area contributed by atoms with Gasteiger partial charge in [-0.15, -0.1) is 0 Å². The van der Waals surface area contributed by atoms with Crippen molar-refractivity contribution in [1.82, 2.24) is 0 Å². The number of benzene rings is 6. The standard InChI is InChI=1S/C45H40O4/c1-4-5-29-48-35-25-21-33(22-26-35)44(32-19-23-34(46-2)24-20-32)28-27-39-42-41(36-15-9-10-16-37(36)43(39)49-44)38-17-11-12-18-40(38)45(42,47-3)30-31-13-7-6-8-14-31/h6-28H,4-5,29-30H2,1-3H3. The van der Waals surface area contributed by atoms with Crippen molar-refractivity contribution < 1.29 is 18.9 Å². The van der Waals surface area contributed by atoms with Crippen LogP contribution in [0.15, 0.2) is 133 Å². The van der Waals surface area contributed by atoms with Crippen molar-refractivity contribution in [2.45, 2.75) is 37.4 Å². The molecule has 244 valence electrons. The molecule has 0 saturated carbocycles. The van der Waals surface area contributed by atoms with E-state index in [1.54, 1.807) is 7.11 Å². The molecule has 1 aliphatic heterocycles. The van der Waals surface area contributed by atoms with E-state index in [9.17, 15) is 0 Å². The lowest BCUT2D eigenvalue weighted by Crippen LogP contribution is -2.36. The minimum atomic E-state index is -0.904. The monoisotopic (exact) mass is 644 g/mol. The number of ether oxygens (including phenoxy) is 4. The fourth-order valence-electron chi connectivity index (χ4n) is 7.78. The second kappa shape index (κ2) is 12.6. The van der Waals surface area contributed by atoms with E-state index >= 15 is 0 Å². The van der Waals surface area contributed by atoms with Crippen molar-refractivity contribution in [3.05, 3.63) is 167 Å². The molecule has 4 nitrogen and oxygen atoms in total. The maximum absolute atomic E-state index is 7.51. The van der Waals surface area contributed by atoms with Crippen LogP contribution in [0.2, 0.25) is 0 Å². The molecule has 0 aromatic heterocycles. The lowest BCUT2D eigenvalue weighted by Gasteiger charge is -2.39. The topological polar surface area (TPSA) is 36.9 Å². The van der Waals surface area contributed by atoms with Gasteiger partial charge in [-0.1, -0.05) is 123 Å². The number of hydrogen-bond acceptors (Lipinski definition) is 4. The van der Waals surface area contributed by atoms with Crippen molar-refractivity contribution in [1.29, 1.82) is 0 Å². The molecular weight excluding hydrogens is 604 g/mol. The predicted octanol–water partition coefficient (Wildman–Crippen LogP) is 10.5. The van der Waals surface area contributed by atoms with Gasteiger partial charge in [0.15, 0.2) is 5.60 Å². The molecule has 0 radical (unpaired) electrons. The van der Waals surface area contributed by atoms with Crippen LogP contribution in [-0.2, 0) is 22.4 Å². The third-order valence-corrected chi connectivity index (χ3v) is 10.2. The molecule has 0 N–H and O–H groups in total. The van der Waals surface area contributed by atoms with Gasteiger partial charge in [0.2, 0.25) is 0 Å². The molecule has 6 aromatic carbocycles. The van der Waals surface area contributed by atoms with Crippen LogP contribution < -0.4 is 14.2 Å². The normalized spacial score (nSPS) is 18.8. The highest BCUT2D eigenvalue weighted by Gasteiger charge is 2.49. The van der Waals surface area contributed by atoms with Crippen LogP contribution in [0.5, 0.6) is 17.2 Å². The van der Waals surface area contributed by atoms with E-state index in [0.29, 0.717) is 13.0 Å². The van der Waals surface area contributed by atoms with E-state index in [0.717, 1.165) is 63.1 Å². The quantitative estimate of drug-likeness (QED) is 0.139. The Labute approximate surface area is 288 Å². The second-order valence-corrected chi connectivity index (χ2v) is 12.9. The first kappa shape index (κ1) is 31.0. The van der Waals surface area contributed by atoms with E-state index in [1.165, 1.54) is 22.3 Å². The third-order valence-electron chi connectivity index (χ3n) is 10.2. The molecule has 0 bridgehead atoms. The maximum atomic E-state index is 7.51. The summed E-state index contributed by atoms with van der Waals surface area (Å²) < 4.78 is 25.9. The van der Waals surface area contributed by atoms with Crippen LogP contribution in [0, 0.1) is 0 Å². The summed E-state index contributed by atoms with van der Waals surface area (Å²) in [6.45, 7) is 2.87. The number of fused-ring (bicyclic) bond motifs is 8. The van der Waals surface area contributed by atoms with Gasteiger partial charge in [0.1, 0.15) is 22.8 Å². The first-order chi connectivity index (χ1) is 24.1. The smallest absolute Gasteiger partial charge is 0.178 e. The average Bonchev–Trinajstić information content (AvgIpc) is 3.46. The fraction of sp³-hybridized carbons (Fsp3) is 0.200. The Balaban J connectivity index is 1.37. The van der Waals surface area contributed by atoms with Crippen molar-refractivity contribution in [2.75, 3.05) is 20.8 Å². The number of methoxy groups -OCH3 is 2. The van der Waals surface area contributed by atoms with E-state index in [2.05, 4.69) is 134 Å². The van der Waals surface area contributed by atoms with E-state index in [-0.39, 0.29) is 0 Å². The summed E-state index contributed by atoms with van der Waals surface area (Å²) in [6.07, 6.45) is 7.29. The van der Waals surface area contributed by atoms with Gasteiger partial charge in [-0.2, -0.15) is 0 Å². The molecule has 8 rings (SSSR count). The average molecular weight is 645 g/mol. The summed E-state index contributed by atoms with van der Waals surface area (Å²) in [5, 5.41) is 2.22. The molecule has 2 aliphatic rings. The van der Waals surface area contributed by atoms with Crippen LogP contribution in [0.4, 0.5) is 0 Å². The first-order valence-electron chi connectivity index (χ1n) is 17.2. The maximum Gasteiger partial charge on any atom is 0.178 e. The third kappa shape index (κ3) is 5.01. The minimum absolute atomic E-state index is 0.691. The zero-order chi connectivity index (χ0) is 33.4. The van der Waals surface area contributed by atoms with E-state index in [1.807, 2.05) is 19.2 Å². The summed E-state index contributed by atoms with van der Waals surface area (Å²) in [5.41, 5.74) is 7.39. The van der Waals surface area contributed by atoms with Gasteiger partial charge in [-0.05, 0) is 64.4 Å². The summed E-state index contributed by atoms with van der Waals surface area (Å²) in [7, 11) is 3.53. The molecule has 0 saturated heterocycles. The lowest BCUT2D eigenvalue weighted by molar-refractivity contribution is 0.0255. The van der Waals surface area contributed by atoms with E-state index in [4.69, 9.17) is 18.9 Å². The highest BCUT2D eigenvalue weighted by molar-refractivity contribution is 6.08. The van der Waals surface area contributed by atoms with Gasteiger partial charge in [0, 0.05) is 41.2 Å². The Bertz CT molecular complexity index is 2150. The van der Waals surface area contributed by atoms with Gasteiger partial charge < -0.3 is 18.9 Å². The molecule has 0 spiro atoms. The molecule has 2 unspecified atom stereocenters. The van der Waals surface area contributed by atoms with Crippen LogP contribution in [0.1, 0.15) is 53.1 Å². The van der Waals surface area contributed by atoms with Crippen LogP contribution >= 0.6 is 0 Å². The Kier molecular flexibility index (Phi) is 7.97. The van der Waals surface area contributed by atoms with Gasteiger partial charge in [-0.25, -0.2) is 0 Å². The summed E-state index contributed by atoms with van der Waals surface area (Å²) in [6, 6.07) is 44.5. The largest absolute Gasteiger partial charge is 0.497 e. The molecular formula is C45H40O4. The van der Waals surface area contributed by atoms with E-state index < -0.39 is 11.2 Å². The highest BCUT2D eigenvalue weighted by Crippen LogP contribution is 2.59. The SMILES string of the molecule is CCCCOc1ccc(C2(c3ccc(OC)cc3)C=Cc3c4c(c5ccccc5c3O2)-c2ccccc2C4(Cc2ccccc2)OC)cc1. The molecule has 1 aliphatic carbocycles. The number of hydrogen-bond donors (Lipinski definition) is 0. The van der Waals surface area contributed by atoms with Gasteiger partial charge >= 0.3 is 0 Å². The number of unbranched alkanes of at least 4 members (excludes halogenated alkanes) is 1. The molecule has 0 fully saturated rings. The Hall–Kier alpha value is -5.32. The minimum Gasteiger partial charge on any atom is -0.497 e. The molecule has 49 heavy (non-hydrogen) atoms. The van der Waals surface area contributed by atoms with Crippen LogP contribution in [0.3, 0.4) is 0 Å². The van der Waals surface area contributed by atoms with Gasteiger partial charge in [0.05, 0.1) is 13.7 Å². The summed E-state index contributed by atoms with van der Waals surface area (Å²) >= 11 is 0. The highest BCUT2D eigenvalue weighted by atomic mass is 16.5. The fourth-order valence-corrected chi connectivity index (χ4v) is 7.78. The predicted molar refractivity (Wildman–Crippen MR) is 198 cm³/mol. The van der Waals surface area contributed by atoms with Crippen molar-refractivity contribution >= 4 is 16.8 Å². The van der Waals surface area contributed by atoms with Crippen molar-refractivity contribution in [3.8, 4) is 28.4 Å².